The van der Waals surface area contributed by atoms with E-state index in [2.05, 4.69) is 15.0 Å². The molecule has 16 heavy (non-hydrogen) atoms. The predicted molar refractivity (Wildman–Crippen MR) is 62.1 cm³/mol. The summed E-state index contributed by atoms with van der Waals surface area (Å²) in [4.78, 5) is 24.0. The fraction of sp³-hybridized carbons (Fsp3) is 0.250. The molecule has 0 aliphatic carbocycles. The second-order valence-corrected chi connectivity index (χ2v) is 4.51. The summed E-state index contributed by atoms with van der Waals surface area (Å²) in [6.07, 6.45) is 1.86. The summed E-state index contributed by atoms with van der Waals surface area (Å²) >= 11 is 2.53. The van der Waals surface area contributed by atoms with Crippen molar-refractivity contribution in [3.05, 3.63) is 5.01 Å². The third-order valence-electron chi connectivity index (χ3n) is 1.79. The maximum Gasteiger partial charge on any atom is 0.277 e. The Morgan fingerprint density at radius 2 is 2.19 bits per heavy atom. The molecule has 0 bridgehead atoms. The number of ether oxygens (including phenoxy) is 1. The molecule has 0 atom stereocenters. The molecule has 0 aromatic carbocycles. The van der Waals surface area contributed by atoms with E-state index in [1.54, 1.807) is 0 Å². The van der Waals surface area contributed by atoms with Crippen LogP contribution in [-0.2, 0) is 0 Å². The van der Waals surface area contributed by atoms with Gasteiger partial charge in [-0.05, 0) is 6.26 Å². The van der Waals surface area contributed by atoms with Crippen LogP contribution in [0, 0.1) is 0 Å². The molecule has 1 amide bonds. The maximum absolute atomic E-state index is 11.0. The summed E-state index contributed by atoms with van der Waals surface area (Å²) < 4.78 is 5.09. The number of amides is 1. The Balaban J connectivity index is 2.69. The fourth-order valence-corrected chi connectivity index (χ4v) is 2.31. The number of hydrogen-bond acceptors (Lipinski definition) is 7. The van der Waals surface area contributed by atoms with Crippen LogP contribution in [0.2, 0.25) is 0 Å². The summed E-state index contributed by atoms with van der Waals surface area (Å²) in [5.41, 5.74) is 5.63. The number of methoxy groups -OCH3 is 1. The number of thiazole rings is 1. The van der Waals surface area contributed by atoms with E-state index in [4.69, 9.17) is 10.5 Å². The number of carbonyl (C=O) groups is 1. The molecular weight excluding hydrogens is 248 g/mol. The normalized spacial score (nSPS) is 10.6. The number of nitrogens with two attached hydrogens (primary N) is 1. The lowest BCUT2D eigenvalue weighted by Gasteiger charge is -2.00. The molecule has 0 saturated heterocycles. The van der Waals surface area contributed by atoms with Crippen LogP contribution in [-0.4, -0.2) is 34.2 Å². The van der Waals surface area contributed by atoms with Gasteiger partial charge < -0.3 is 10.5 Å². The molecule has 0 fully saturated rings. The van der Waals surface area contributed by atoms with Gasteiger partial charge in [0.2, 0.25) is 5.88 Å². The van der Waals surface area contributed by atoms with Gasteiger partial charge in [-0.2, -0.15) is 4.98 Å². The van der Waals surface area contributed by atoms with Crippen LogP contribution in [0.25, 0.3) is 10.3 Å². The fourth-order valence-electron chi connectivity index (χ4n) is 1.12. The van der Waals surface area contributed by atoms with Crippen molar-refractivity contribution in [2.75, 3.05) is 13.4 Å². The molecule has 2 aromatic heterocycles. The molecule has 2 aromatic rings. The Morgan fingerprint density at radius 3 is 2.75 bits per heavy atom. The number of hydrogen-bond donors (Lipinski definition) is 1. The van der Waals surface area contributed by atoms with Crippen molar-refractivity contribution in [2.45, 2.75) is 5.16 Å². The van der Waals surface area contributed by atoms with Gasteiger partial charge in [-0.3, -0.25) is 4.79 Å². The van der Waals surface area contributed by atoms with Crippen molar-refractivity contribution in [3.8, 4) is 5.88 Å². The average molecular weight is 256 g/mol. The van der Waals surface area contributed by atoms with Crippen LogP contribution in [0.3, 0.4) is 0 Å². The SMILES string of the molecule is COc1nc(SC)nc2sc(C(N)=O)nc12. The van der Waals surface area contributed by atoms with Crippen LogP contribution in [0.15, 0.2) is 5.16 Å². The molecule has 2 heterocycles. The first-order valence-corrected chi connectivity index (χ1v) is 6.26. The van der Waals surface area contributed by atoms with Crippen molar-refractivity contribution in [3.63, 3.8) is 0 Å². The zero-order chi connectivity index (χ0) is 11.7. The van der Waals surface area contributed by atoms with Crippen molar-refractivity contribution < 1.29 is 9.53 Å². The summed E-state index contributed by atoms with van der Waals surface area (Å²) in [5.74, 6) is -0.214. The molecule has 0 spiro atoms. The Kier molecular flexibility index (Phi) is 2.92. The van der Waals surface area contributed by atoms with Crippen LogP contribution >= 0.6 is 23.1 Å². The van der Waals surface area contributed by atoms with E-state index >= 15 is 0 Å². The molecule has 2 N–H and O–H groups in total. The second kappa shape index (κ2) is 4.22. The molecular formula is C8H8N4O2S2. The number of primary amides is 1. The Morgan fingerprint density at radius 1 is 1.44 bits per heavy atom. The lowest BCUT2D eigenvalue weighted by atomic mass is 10.5. The first-order chi connectivity index (χ1) is 7.65. The summed E-state index contributed by atoms with van der Waals surface area (Å²) in [6, 6.07) is 0. The summed E-state index contributed by atoms with van der Waals surface area (Å²) in [6.45, 7) is 0. The van der Waals surface area contributed by atoms with Crippen LogP contribution in [0.5, 0.6) is 5.88 Å². The van der Waals surface area contributed by atoms with Gasteiger partial charge >= 0.3 is 0 Å². The van der Waals surface area contributed by atoms with E-state index in [0.717, 1.165) is 11.3 Å². The highest BCUT2D eigenvalue weighted by Crippen LogP contribution is 2.28. The van der Waals surface area contributed by atoms with E-state index in [1.807, 2.05) is 6.26 Å². The number of nitrogens with zero attached hydrogens (tertiary/aromatic N) is 3. The third kappa shape index (κ3) is 1.81. The topological polar surface area (TPSA) is 91.0 Å². The maximum atomic E-state index is 11.0. The van der Waals surface area contributed by atoms with Crippen molar-refractivity contribution >= 4 is 39.4 Å². The van der Waals surface area contributed by atoms with Crippen molar-refractivity contribution in [2.24, 2.45) is 5.73 Å². The largest absolute Gasteiger partial charge is 0.479 e. The average Bonchev–Trinajstić information content (AvgIpc) is 2.71. The smallest absolute Gasteiger partial charge is 0.277 e. The third-order valence-corrected chi connectivity index (χ3v) is 3.30. The lowest BCUT2D eigenvalue weighted by Crippen LogP contribution is -2.09. The lowest BCUT2D eigenvalue weighted by molar-refractivity contribution is 0.1000. The molecule has 0 saturated carbocycles. The quantitative estimate of drug-likeness (QED) is 0.648. The second-order valence-electron chi connectivity index (χ2n) is 2.76. The number of rotatable bonds is 3. The van der Waals surface area contributed by atoms with E-state index in [0.29, 0.717) is 21.4 Å². The minimum atomic E-state index is -0.573. The van der Waals surface area contributed by atoms with Gasteiger partial charge in [-0.1, -0.05) is 23.1 Å². The Labute approximate surface area is 99.2 Å². The first-order valence-electron chi connectivity index (χ1n) is 4.22. The van der Waals surface area contributed by atoms with E-state index in [-0.39, 0.29) is 5.01 Å². The van der Waals surface area contributed by atoms with Crippen molar-refractivity contribution in [1.29, 1.82) is 0 Å². The summed E-state index contributed by atoms with van der Waals surface area (Å²) in [7, 11) is 1.50. The van der Waals surface area contributed by atoms with E-state index < -0.39 is 5.91 Å². The number of fused-ring (bicyclic) bond motifs is 1. The van der Waals surface area contributed by atoms with Crippen LogP contribution < -0.4 is 10.5 Å². The number of aromatic nitrogens is 3. The molecule has 0 unspecified atom stereocenters. The van der Waals surface area contributed by atoms with E-state index in [1.165, 1.54) is 18.9 Å². The van der Waals surface area contributed by atoms with Crippen LogP contribution in [0.4, 0.5) is 0 Å². The van der Waals surface area contributed by atoms with Gasteiger partial charge in [0.15, 0.2) is 20.5 Å². The molecule has 0 aliphatic heterocycles. The molecule has 0 aliphatic rings. The van der Waals surface area contributed by atoms with Crippen molar-refractivity contribution in [1.82, 2.24) is 15.0 Å². The van der Waals surface area contributed by atoms with Gasteiger partial charge in [0.05, 0.1) is 7.11 Å². The highest BCUT2D eigenvalue weighted by atomic mass is 32.2. The number of carbonyl (C=O) groups excluding carboxylic acids is 1. The molecule has 8 heteroatoms. The first kappa shape index (κ1) is 11.1. The van der Waals surface area contributed by atoms with Crippen LogP contribution in [0.1, 0.15) is 9.80 Å². The highest BCUT2D eigenvalue weighted by Gasteiger charge is 2.16. The highest BCUT2D eigenvalue weighted by molar-refractivity contribution is 7.98. The van der Waals surface area contributed by atoms with E-state index in [9.17, 15) is 4.79 Å². The van der Waals surface area contributed by atoms with Gasteiger partial charge in [0.25, 0.3) is 5.91 Å². The zero-order valence-electron chi connectivity index (χ0n) is 8.55. The monoisotopic (exact) mass is 256 g/mol. The molecule has 0 radical (unpaired) electrons. The minimum Gasteiger partial charge on any atom is -0.479 e. The molecule has 2 rings (SSSR count). The van der Waals surface area contributed by atoms with Gasteiger partial charge in [0, 0.05) is 0 Å². The number of thioether (sulfide) groups is 1. The minimum absolute atomic E-state index is 0.209. The molecule has 84 valence electrons. The standard InChI is InChI=1S/C8H8N4O2S2/c1-14-5-3-6(12-8(11-5)15-2)16-7(10-3)4(9)13/h1-2H3,(H2,9,13). The molecule has 6 nitrogen and oxygen atoms in total. The Bertz CT molecular complexity index is 554. The Hall–Kier alpha value is -1.41. The zero-order valence-corrected chi connectivity index (χ0v) is 10.2. The van der Waals surface area contributed by atoms with Gasteiger partial charge in [-0.15, -0.1) is 0 Å². The van der Waals surface area contributed by atoms with Gasteiger partial charge in [-0.25, -0.2) is 9.97 Å². The predicted octanol–water partition coefficient (Wildman–Crippen LogP) is 0.916. The summed E-state index contributed by atoms with van der Waals surface area (Å²) in [5, 5.41) is 0.782. The van der Waals surface area contributed by atoms with Gasteiger partial charge in [0.1, 0.15) is 0 Å².